The summed E-state index contributed by atoms with van der Waals surface area (Å²) in [6.45, 7) is 9.78. The Labute approximate surface area is 117 Å². The van der Waals surface area contributed by atoms with Crippen molar-refractivity contribution in [2.75, 3.05) is 0 Å². The maximum atomic E-state index is 3.92. The van der Waals surface area contributed by atoms with Crippen LogP contribution in [0.4, 0.5) is 0 Å². The monoisotopic (exact) mass is 257 g/mol. The fourth-order valence-electron chi connectivity index (χ4n) is 4.60. The van der Waals surface area contributed by atoms with Crippen LogP contribution in [-0.2, 0) is 0 Å². The minimum Gasteiger partial charge on any atom is -0.307 e. The first-order chi connectivity index (χ1) is 8.95. The molecule has 2 aliphatic rings. The van der Waals surface area contributed by atoms with Crippen molar-refractivity contribution in [2.45, 2.75) is 59.0 Å². The molecular weight excluding hydrogens is 230 g/mol. The molecule has 1 N–H and O–H groups in total. The Morgan fingerprint density at radius 3 is 2.37 bits per heavy atom. The van der Waals surface area contributed by atoms with E-state index in [4.69, 9.17) is 0 Å². The van der Waals surface area contributed by atoms with Gasteiger partial charge in [0.2, 0.25) is 0 Å². The molecule has 2 aliphatic carbocycles. The van der Waals surface area contributed by atoms with Crippen LogP contribution < -0.4 is 5.32 Å². The largest absolute Gasteiger partial charge is 0.307 e. The molecule has 0 amide bonds. The second-order valence-electron chi connectivity index (χ2n) is 7.46. The van der Waals surface area contributed by atoms with Crippen LogP contribution in [0.15, 0.2) is 30.3 Å². The molecule has 2 fully saturated rings. The molecule has 2 saturated carbocycles. The summed E-state index contributed by atoms with van der Waals surface area (Å²) in [4.78, 5) is 0. The third-order valence-electron chi connectivity index (χ3n) is 6.54. The highest BCUT2D eigenvalue weighted by molar-refractivity contribution is 5.20. The molecule has 3 rings (SSSR count). The van der Waals surface area contributed by atoms with Gasteiger partial charge in [0.05, 0.1) is 0 Å². The molecule has 0 spiro atoms. The Morgan fingerprint density at radius 2 is 1.84 bits per heavy atom. The molecule has 1 nitrogen and oxygen atoms in total. The number of hydrogen-bond acceptors (Lipinski definition) is 1. The number of hydrogen-bond donors (Lipinski definition) is 1. The Hall–Kier alpha value is -0.820. The summed E-state index contributed by atoms with van der Waals surface area (Å²) in [6, 6.07) is 12.0. The Balaban J connectivity index is 1.76. The van der Waals surface area contributed by atoms with Crippen molar-refractivity contribution in [1.82, 2.24) is 5.32 Å². The number of benzene rings is 1. The van der Waals surface area contributed by atoms with E-state index >= 15 is 0 Å². The second kappa shape index (κ2) is 4.34. The third kappa shape index (κ3) is 1.86. The molecule has 2 bridgehead atoms. The molecule has 0 saturated heterocycles. The van der Waals surface area contributed by atoms with Crippen LogP contribution in [0.3, 0.4) is 0 Å². The van der Waals surface area contributed by atoms with Crippen LogP contribution >= 0.6 is 0 Å². The smallest absolute Gasteiger partial charge is 0.0294 e. The lowest BCUT2D eigenvalue weighted by Crippen LogP contribution is -2.45. The summed E-state index contributed by atoms with van der Waals surface area (Å²) < 4.78 is 0. The van der Waals surface area contributed by atoms with E-state index in [1.807, 2.05) is 0 Å². The summed E-state index contributed by atoms with van der Waals surface area (Å²) in [5, 5.41) is 3.92. The van der Waals surface area contributed by atoms with E-state index in [0.29, 0.717) is 22.9 Å². The molecule has 0 aliphatic heterocycles. The van der Waals surface area contributed by atoms with Crippen molar-refractivity contribution in [1.29, 1.82) is 0 Å². The van der Waals surface area contributed by atoms with Crippen LogP contribution in [0.25, 0.3) is 0 Å². The van der Waals surface area contributed by atoms with E-state index in [9.17, 15) is 0 Å². The fourth-order valence-corrected chi connectivity index (χ4v) is 4.60. The lowest BCUT2D eigenvalue weighted by Gasteiger charge is -2.40. The SMILES string of the molecule is C[C@H](N[C@@H]1C[C@H]2CC[C@]1(C)C2(C)C)c1ccccc1. The van der Waals surface area contributed by atoms with E-state index in [0.717, 1.165) is 5.92 Å². The van der Waals surface area contributed by atoms with Crippen LogP contribution in [0.5, 0.6) is 0 Å². The highest BCUT2D eigenvalue weighted by Crippen LogP contribution is 2.65. The standard InChI is InChI=1S/C18H27N/c1-13(14-8-6-5-7-9-14)19-16-12-15-10-11-18(16,4)17(15,2)3/h5-9,13,15-16,19H,10-12H2,1-4H3/t13-,15+,16+,18-/m0/s1. The molecule has 1 aromatic carbocycles. The molecule has 0 unspecified atom stereocenters. The normalized spacial score (nSPS) is 37.5. The van der Waals surface area contributed by atoms with Gasteiger partial charge < -0.3 is 5.32 Å². The Kier molecular flexibility index (Phi) is 3.01. The van der Waals surface area contributed by atoms with Crippen molar-refractivity contribution in [3.63, 3.8) is 0 Å². The first kappa shape index (κ1) is 13.2. The van der Waals surface area contributed by atoms with Gasteiger partial charge in [-0.1, -0.05) is 51.1 Å². The molecule has 0 radical (unpaired) electrons. The van der Waals surface area contributed by atoms with E-state index in [-0.39, 0.29) is 0 Å². The molecular formula is C18H27N. The van der Waals surface area contributed by atoms with Crippen molar-refractivity contribution >= 4 is 0 Å². The van der Waals surface area contributed by atoms with Gasteiger partial charge in [0.15, 0.2) is 0 Å². The van der Waals surface area contributed by atoms with Gasteiger partial charge in [0.1, 0.15) is 0 Å². The van der Waals surface area contributed by atoms with E-state index < -0.39 is 0 Å². The number of nitrogens with one attached hydrogen (secondary N) is 1. The maximum Gasteiger partial charge on any atom is 0.0294 e. The van der Waals surface area contributed by atoms with Crippen LogP contribution in [0.1, 0.15) is 58.6 Å². The van der Waals surface area contributed by atoms with Crippen molar-refractivity contribution < 1.29 is 0 Å². The highest BCUT2D eigenvalue weighted by atomic mass is 15.0. The van der Waals surface area contributed by atoms with Gasteiger partial charge in [0.25, 0.3) is 0 Å². The summed E-state index contributed by atoms with van der Waals surface area (Å²) in [5.74, 6) is 0.915. The molecule has 0 heterocycles. The van der Waals surface area contributed by atoms with E-state index in [1.54, 1.807) is 0 Å². The van der Waals surface area contributed by atoms with Gasteiger partial charge in [-0.2, -0.15) is 0 Å². The Morgan fingerprint density at radius 1 is 1.16 bits per heavy atom. The first-order valence-corrected chi connectivity index (χ1v) is 7.76. The van der Waals surface area contributed by atoms with Gasteiger partial charge >= 0.3 is 0 Å². The molecule has 104 valence electrons. The minimum absolute atomic E-state index is 0.457. The molecule has 19 heavy (non-hydrogen) atoms. The molecule has 4 atom stereocenters. The van der Waals surface area contributed by atoms with Crippen LogP contribution in [0, 0.1) is 16.7 Å². The average Bonchev–Trinajstić information content (AvgIpc) is 2.73. The third-order valence-corrected chi connectivity index (χ3v) is 6.54. The molecule has 0 aromatic heterocycles. The second-order valence-corrected chi connectivity index (χ2v) is 7.46. The predicted molar refractivity (Wildman–Crippen MR) is 81.0 cm³/mol. The zero-order chi connectivity index (χ0) is 13.7. The Bertz CT molecular complexity index is 450. The summed E-state index contributed by atoms with van der Waals surface area (Å²) in [7, 11) is 0. The summed E-state index contributed by atoms with van der Waals surface area (Å²) >= 11 is 0. The van der Waals surface area contributed by atoms with Gasteiger partial charge in [-0.3, -0.25) is 0 Å². The summed E-state index contributed by atoms with van der Waals surface area (Å²) in [5.41, 5.74) is 2.38. The van der Waals surface area contributed by atoms with E-state index in [1.165, 1.54) is 24.8 Å². The minimum atomic E-state index is 0.457. The van der Waals surface area contributed by atoms with Crippen molar-refractivity contribution in [3.05, 3.63) is 35.9 Å². The topological polar surface area (TPSA) is 12.0 Å². The number of fused-ring (bicyclic) bond motifs is 2. The quantitative estimate of drug-likeness (QED) is 0.837. The fraction of sp³-hybridized carbons (Fsp3) is 0.667. The molecule has 1 aromatic rings. The van der Waals surface area contributed by atoms with Crippen LogP contribution in [0.2, 0.25) is 0 Å². The predicted octanol–water partition coefficient (Wildman–Crippen LogP) is 4.55. The van der Waals surface area contributed by atoms with Crippen LogP contribution in [-0.4, -0.2) is 6.04 Å². The van der Waals surface area contributed by atoms with Gasteiger partial charge in [-0.15, -0.1) is 0 Å². The maximum absolute atomic E-state index is 3.92. The summed E-state index contributed by atoms with van der Waals surface area (Å²) in [6.07, 6.45) is 4.19. The van der Waals surface area contributed by atoms with Gasteiger partial charge in [0, 0.05) is 12.1 Å². The average molecular weight is 257 g/mol. The lowest BCUT2D eigenvalue weighted by atomic mass is 9.69. The van der Waals surface area contributed by atoms with Gasteiger partial charge in [-0.25, -0.2) is 0 Å². The lowest BCUT2D eigenvalue weighted by molar-refractivity contribution is 0.116. The van der Waals surface area contributed by atoms with Crippen molar-refractivity contribution in [2.24, 2.45) is 16.7 Å². The number of rotatable bonds is 3. The van der Waals surface area contributed by atoms with Crippen molar-refractivity contribution in [3.8, 4) is 0 Å². The zero-order valence-corrected chi connectivity index (χ0v) is 12.7. The van der Waals surface area contributed by atoms with E-state index in [2.05, 4.69) is 63.3 Å². The highest BCUT2D eigenvalue weighted by Gasteiger charge is 2.61. The molecule has 1 heteroatoms. The zero-order valence-electron chi connectivity index (χ0n) is 12.7. The first-order valence-electron chi connectivity index (χ1n) is 7.76. The van der Waals surface area contributed by atoms with Gasteiger partial charge in [-0.05, 0) is 48.5 Å².